The van der Waals surface area contributed by atoms with E-state index >= 15 is 0 Å². The van der Waals surface area contributed by atoms with Crippen molar-refractivity contribution in [2.24, 2.45) is 5.73 Å². The molecule has 0 aromatic carbocycles. The lowest BCUT2D eigenvalue weighted by atomic mass is 10.1. The average Bonchev–Trinajstić information content (AvgIpc) is 2.02. The molecule has 0 heterocycles. The summed E-state index contributed by atoms with van der Waals surface area (Å²) in [6.45, 7) is 7.09. The molecular weight excluding hydrogens is 142 g/mol. The van der Waals surface area contributed by atoms with Crippen LogP contribution in [0.1, 0.15) is 6.42 Å². The quantitative estimate of drug-likeness (QED) is 0.478. The van der Waals surface area contributed by atoms with Crippen molar-refractivity contribution in [1.82, 2.24) is 0 Å². The summed E-state index contributed by atoms with van der Waals surface area (Å²) in [5.74, 6) is -0.333. The maximum Gasteiger partial charge on any atom is 0.307 e. The minimum Gasteiger partial charge on any atom is -0.469 e. The number of rotatable bonds is 4. The minimum absolute atomic E-state index is 0.154. The summed E-state index contributed by atoms with van der Waals surface area (Å²) in [6, 6.07) is -0.375. The number of hydrogen-bond donors (Lipinski definition) is 1. The van der Waals surface area contributed by atoms with Gasteiger partial charge in [0.25, 0.3) is 0 Å². The maximum atomic E-state index is 10.7. The Morgan fingerprint density at radius 3 is 2.73 bits per heavy atom. The van der Waals surface area contributed by atoms with Gasteiger partial charge in [0, 0.05) is 6.04 Å². The van der Waals surface area contributed by atoms with Gasteiger partial charge in [-0.05, 0) is 5.57 Å². The molecular formula is C8H13NO2. The molecule has 0 bridgehead atoms. The van der Waals surface area contributed by atoms with Gasteiger partial charge in [-0.15, -0.1) is 0 Å². The van der Waals surface area contributed by atoms with Crippen LogP contribution in [0.5, 0.6) is 0 Å². The van der Waals surface area contributed by atoms with Gasteiger partial charge in [0.1, 0.15) is 0 Å². The second-order valence-corrected chi connectivity index (χ2v) is 2.17. The molecule has 1 unspecified atom stereocenters. The van der Waals surface area contributed by atoms with Crippen LogP contribution in [0.2, 0.25) is 0 Å². The second-order valence-electron chi connectivity index (χ2n) is 2.17. The Hall–Kier alpha value is -1.09. The van der Waals surface area contributed by atoms with Crippen LogP contribution in [0, 0.1) is 0 Å². The van der Waals surface area contributed by atoms with Gasteiger partial charge < -0.3 is 10.5 Å². The third-order valence-corrected chi connectivity index (χ3v) is 1.35. The molecule has 1 atom stereocenters. The SMILES string of the molecule is C=CC(=C)C(N)CC(=O)OC. The number of carbonyl (C=O) groups is 1. The highest BCUT2D eigenvalue weighted by Gasteiger charge is 2.09. The second kappa shape index (κ2) is 4.68. The molecule has 0 aromatic rings. The van der Waals surface area contributed by atoms with Crippen molar-refractivity contribution in [3.8, 4) is 0 Å². The van der Waals surface area contributed by atoms with Crippen LogP contribution in [-0.4, -0.2) is 19.1 Å². The van der Waals surface area contributed by atoms with Crippen molar-refractivity contribution in [3.63, 3.8) is 0 Å². The fraction of sp³-hybridized carbons (Fsp3) is 0.375. The van der Waals surface area contributed by atoms with Crippen LogP contribution >= 0.6 is 0 Å². The van der Waals surface area contributed by atoms with E-state index in [-0.39, 0.29) is 18.4 Å². The number of carbonyl (C=O) groups excluding carboxylic acids is 1. The van der Waals surface area contributed by atoms with Crippen molar-refractivity contribution >= 4 is 5.97 Å². The zero-order valence-electron chi connectivity index (χ0n) is 6.67. The Bertz CT molecular complexity index is 175. The van der Waals surface area contributed by atoms with Gasteiger partial charge in [-0.1, -0.05) is 19.2 Å². The normalized spacial score (nSPS) is 11.8. The summed E-state index contributed by atoms with van der Waals surface area (Å²) in [4.78, 5) is 10.7. The van der Waals surface area contributed by atoms with E-state index in [9.17, 15) is 4.79 Å². The molecule has 11 heavy (non-hydrogen) atoms. The average molecular weight is 155 g/mol. The Morgan fingerprint density at radius 1 is 1.82 bits per heavy atom. The standard InChI is InChI=1S/C8H13NO2/c1-4-6(2)7(9)5-8(10)11-3/h4,7H,1-2,5,9H2,3H3. The van der Waals surface area contributed by atoms with Gasteiger partial charge in [0.15, 0.2) is 0 Å². The molecule has 0 saturated heterocycles. The first-order valence-electron chi connectivity index (χ1n) is 3.25. The first-order chi connectivity index (χ1) is 5.11. The predicted molar refractivity (Wildman–Crippen MR) is 43.9 cm³/mol. The van der Waals surface area contributed by atoms with E-state index in [1.54, 1.807) is 0 Å². The minimum atomic E-state index is -0.375. The van der Waals surface area contributed by atoms with Crippen LogP contribution in [0.4, 0.5) is 0 Å². The van der Waals surface area contributed by atoms with Gasteiger partial charge in [0.05, 0.1) is 13.5 Å². The van der Waals surface area contributed by atoms with Crippen LogP contribution in [0.3, 0.4) is 0 Å². The summed E-state index contributed by atoms with van der Waals surface area (Å²) in [5, 5.41) is 0. The summed E-state index contributed by atoms with van der Waals surface area (Å²) in [5.41, 5.74) is 6.18. The Labute approximate surface area is 66.5 Å². The molecule has 0 spiro atoms. The lowest BCUT2D eigenvalue weighted by Gasteiger charge is -2.08. The van der Waals surface area contributed by atoms with Crippen LogP contribution in [0.25, 0.3) is 0 Å². The zero-order valence-corrected chi connectivity index (χ0v) is 6.67. The largest absolute Gasteiger partial charge is 0.469 e. The zero-order chi connectivity index (χ0) is 8.85. The van der Waals surface area contributed by atoms with Crippen molar-refractivity contribution in [3.05, 3.63) is 24.8 Å². The van der Waals surface area contributed by atoms with Gasteiger partial charge in [0.2, 0.25) is 0 Å². The third kappa shape index (κ3) is 3.57. The summed E-state index contributed by atoms with van der Waals surface area (Å²) >= 11 is 0. The Morgan fingerprint density at radius 2 is 2.36 bits per heavy atom. The van der Waals surface area contributed by atoms with Crippen molar-refractivity contribution in [1.29, 1.82) is 0 Å². The van der Waals surface area contributed by atoms with Gasteiger partial charge in [-0.25, -0.2) is 0 Å². The van der Waals surface area contributed by atoms with Crippen molar-refractivity contribution in [2.75, 3.05) is 7.11 Å². The predicted octanol–water partition coefficient (Wildman–Crippen LogP) is 0.619. The van der Waals surface area contributed by atoms with Crippen LogP contribution < -0.4 is 5.73 Å². The topological polar surface area (TPSA) is 52.3 Å². The Kier molecular flexibility index (Phi) is 4.22. The summed E-state index contributed by atoms with van der Waals surface area (Å²) in [7, 11) is 1.33. The number of methoxy groups -OCH3 is 1. The molecule has 0 radical (unpaired) electrons. The lowest BCUT2D eigenvalue weighted by Crippen LogP contribution is -2.25. The molecule has 3 nitrogen and oxygen atoms in total. The highest BCUT2D eigenvalue weighted by molar-refractivity contribution is 5.70. The van der Waals surface area contributed by atoms with Crippen LogP contribution in [0.15, 0.2) is 24.8 Å². The molecule has 0 aromatic heterocycles. The smallest absolute Gasteiger partial charge is 0.307 e. The molecule has 0 saturated carbocycles. The summed E-state index contributed by atoms with van der Waals surface area (Å²) in [6.07, 6.45) is 1.69. The lowest BCUT2D eigenvalue weighted by molar-refractivity contribution is -0.140. The molecule has 0 aliphatic rings. The first kappa shape index (κ1) is 9.91. The van der Waals surface area contributed by atoms with E-state index in [0.29, 0.717) is 5.57 Å². The van der Waals surface area contributed by atoms with Gasteiger partial charge in [-0.2, -0.15) is 0 Å². The Balaban J connectivity index is 3.86. The number of ether oxygens (including phenoxy) is 1. The number of hydrogen-bond acceptors (Lipinski definition) is 3. The molecule has 0 rings (SSSR count). The monoisotopic (exact) mass is 155 g/mol. The van der Waals surface area contributed by atoms with E-state index in [0.717, 1.165) is 0 Å². The first-order valence-corrected chi connectivity index (χ1v) is 3.25. The third-order valence-electron chi connectivity index (χ3n) is 1.35. The fourth-order valence-corrected chi connectivity index (χ4v) is 0.545. The maximum absolute atomic E-state index is 10.7. The van der Waals surface area contributed by atoms with E-state index in [1.807, 2.05) is 0 Å². The van der Waals surface area contributed by atoms with Gasteiger partial charge in [-0.3, -0.25) is 4.79 Å². The molecule has 62 valence electrons. The molecule has 0 amide bonds. The van der Waals surface area contributed by atoms with E-state index in [4.69, 9.17) is 5.73 Å². The van der Waals surface area contributed by atoms with E-state index in [2.05, 4.69) is 17.9 Å². The number of esters is 1. The van der Waals surface area contributed by atoms with Crippen molar-refractivity contribution in [2.45, 2.75) is 12.5 Å². The van der Waals surface area contributed by atoms with Crippen LogP contribution in [-0.2, 0) is 9.53 Å². The molecule has 0 aliphatic carbocycles. The van der Waals surface area contributed by atoms with E-state index < -0.39 is 0 Å². The molecule has 2 N–H and O–H groups in total. The van der Waals surface area contributed by atoms with Crippen molar-refractivity contribution < 1.29 is 9.53 Å². The summed E-state index contributed by atoms with van der Waals surface area (Å²) < 4.78 is 4.42. The number of nitrogens with two attached hydrogens (primary N) is 1. The fourth-order valence-electron chi connectivity index (χ4n) is 0.545. The highest BCUT2D eigenvalue weighted by Crippen LogP contribution is 2.02. The molecule has 0 fully saturated rings. The van der Waals surface area contributed by atoms with Gasteiger partial charge >= 0.3 is 5.97 Å². The molecule has 0 aliphatic heterocycles. The van der Waals surface area contributed by atoms with E-state index in [1.165, 1.54) is 13.2 Å². The molecule has 3 heteroatoms. The highest BCUT2D eigenvalue weighted by atomic mass is 16.5.